The van der Waals surface area contributed by atoms with Crippen molar-refractivity contribution in [2.75, 3.05) is 0 Å². The lowest BCUT2D eigenvalue weighted by atomic mass is 9.76. The molecule has 0 aliphatic heterocycles. The van der Waals surface area contributed by atoms with E-state index in [1.165, 1.54) is 0 Å². The molecule has 3 rings (SSSR count). The van der Waals surface area contributed by atoms with E-state index in [9.17, 15) is 9.59 Å². The van der Waals surface area contributed by atoms with Gasteiger partial charge in [0, 0.05) is 18.4 Å². The van der Waals surface area contributed by atoms with E-state index in [2.05, 4.69) is 24.5 Å². The molecular weight excluding hydrogens is 324 g/mol. The van der Waals surface area contributed by atoms with Crippen LogP contribution in [0.15, 0.2) is 30.3 Å². The van der Waals surface area contributed by atoms with Gasteiger partial charge in [0.1, 0.15) is 6.04 Å². The quantitative estimate of drug-likeness (QED) is 0.786. The smallest absolute Gasteiger partial charge is 0.243 e. The van der Waals surface area contributed by atoms with E-state index in [4.69, 9.17) is 0 Å². The van der Waals surface area contributed by atoms with Crippen molar-refractivity contribution < 1.29 is 9.59 Å². The zero-order chi connectivity index (χ0) is 18.5. The minimum absolute atomic E-state index is 0.0411. The number of nitrogens with one attached hydrogen (secondary N) is 2. The molecular formula is C22H32N2O2. The molecule has 2 saturated carbocycles. The van der Waals surface area contributed by atoms with Gasteiger partial charge in [-0.2, -0.15) is 0 Å². The van der Waals surface area contributed by atoms with Crippen LogP contribution in [0.1, 0.15) is 57.9 Å². The van der Waals surface area contributed by atoms with Crippen LogP contribution < -0.4 is 10.6 Å². The molecule has 0 heterocycles. The van der Waals surface area contributed by atoms with Crippen LogP contribution >= 0.6 is 0 Å². The number of hydrogen-bond acceptors (Lipinski definition) is 2. The molecule has 2 amide bonds. The van der Waals surface area contributed by atoms with E-state index in [-0.39, 0.29) is 17.7 Å². The summed E-state index contributed by atoms with van der Waals surface area (Å²) >= 11 is 0. The summed E-state index contributed by atoms with van der Waals surface area (Å²) in [5, 5.41) is 6.11. The fourth-order valence-electron chi connectivity index (χ4n) is 3.93. The first kappa shape index (κ1) is 18.9. The van der Waals surface area contributed by atoms with E-state index in [0.29, 0.717) is 18.4 Å². The predicted octanol–water partition coefficient (Wildman–Crippen LogP) is 3.45. The summed E-state index contributed by atoms with van der Waals surface area (Å²) in [6, 6.07) is 9.76. The SMILES string of the molecule is CC(C)C1CCC(C(=O)NC(Cc2ccccc2)C(=O)NC2CC2)CC1. The molecule has 2 aliphatic rings. The van der Waals surface area contributed by atoms with Crippen LogP contribution in [0.2, 0.25) is 0 Å². The first-order valence-corrected chi connectivity index (χ1v) is 10.2. The van der Waals surface area contributed by atoms with Crippen molar-refractivity contribution in [3.8, 4) is 0 Å². The maximum atomic E-state index is 12.8. The molecule has 0 radical (unpaired) electrons. The monoisotopic (exact) mass is 356 g/mol. The van der Waals surface area contributed by atoms with E-state index < -0.39 is 6.04 Å². The molecule has 1 aromatic rings. The van der Waals surface area contributed by atoms with E-state index in [1.54, 1.807) is 0 Å². The maximum Gasteiger partial charge on any atom is 0.243 e. The van der Waals surface area contributed by atoms with Gasteiger partial charge in [-0.05, 0) is 55.9 Å². The Balaban J connectivity index is 1.59. The fourth-order valence-corrected chi connectivity index (χ4v) is 3.93. The summed E-state index contributed by atoms with van der Waals surface area (Å²) in [6.45, 7) is 4.53. The molecule has 1 unspecified atom stereocenters. The second-order valence-corrected chi connectivity index (χ2v) is 8.39. The average molecular weight is 357 g/mol. The van der Waals surface area contributed by atoms with Crippen LogP contribution in [0, 0.1) is 17.8 Å². The van der Waals surface area contributed by atoms with Gasteiger partial charge in [-0.25, -0.2) is 0 Å². The zero-order valence-electron chi connectivity index (χ0n) is 16.0. The second kappa shape index (κ2) is 8.70. The van der Waals surface area contributed by atoms with Crippen LogP contribution in [0.3, 0.4) is 0 Å². The third-order valence-electron chi connectivity index (χ3n) is 5.92. The highest BCUT2D eigenvalue weighted by Gasteiger charge is 2.32. The lowest BCUT2D eigenvalue weighted by molar-refractivity contribution is -0.132. The van der Waals surface area contributed by atoms with E-state index in [0.717, 1.165) is 50.0 Å². The fraction of sp³-hybridized carbons (Fsp3) is 0.636. The molecule has 0 saturated heterocycles. The van der Waals surface area contributed by atoms with Crippen molar-refractivity contribution in [2.24, 2.45) is 17.8 Å². The highest BCUT2D eigenvalue weighted by molar-refractivity contribution is 5.89. The molecule has 26 heavy (non-hydrogen) atoms. The van der Waals surface area contributed by atoms with Crippen molar-refractivity contribution in [3.05, 3.63) is 35.9 Å². The van der Waals surface area contributed by atoms with Gasteiger partial charge >= 0.3 is 0 Å². The topological polar surface area (TPSA) is 58.2 Å². The lowest BCUT2D eigenvalue weighted by Crippen LogP contribution is -2.50. The van der Waals surface area contributed by atoms with Gasteiger partial charge in [0.2, 0.25) is 11.8 Å². The number of carbonyl (C=O) groups is 2. The first-order chi connectivity index (χ1) is 12.5. The Hall–Kier alpha value is -1.84. The van der Waals surface area contributed by atoms with Gasteiger partial charge in [0.05, 0.1) is 0 Å². The van der Waals surface area contributed by atoms with Gasteiger partial charge < -0.3 is 10.6 Å². The van der Waals surface area contributed by atoms with Gasteiger partial charge in [0.25, 0.3) is 0 Å². The summed E-state index contributed by atoms with van der Waals surface area (Å²) in [5.74, 6) is 1.49. The lowest BCUT2D eigenvalue weighted by Gasteiger charge is -2.31. The highest BCUT2D eigenvalue weighted by atomic mass is 16.2. The number of carbonyl (C=O) groups excluding carboxylic acids is 2. The Morgan fingerprint density at radius 2 is 1.65 bits per heavy atom. The molecule has 0 bridgehead atoms. The summed E-state index contributed by atoms with van der Waals surface area (Å²) in [5.41, 5.74) is 1.08. The Labute approximate surface area is 157 Å². The molecule has 4 heteroatoms. The maximum absolute atomic E-state index is 12.8. The third kappa shape index (κ3) is 5.33. The van der Waals surface area contributed by atoms with Gasteiger partial charge in [-0.3, -0.25) is 9.59 Å². The van der Waals surface area contributed by atoms with Crippen molar-refractivity contribution in [1.29, 1.82) is 0 Å². The van der Waals surface area contributed by atoms with Crippen LogP contribution in [-0.4, -0.2) is 23.9 Å². The van der Waals surface area contributed by atoms with E-state index >= 15 is 0 Å². The largest absolute Gasteiger partial charge is 0.352 e. The first-order valence-electron chi connectivity index (χ1n) is 10.2. The van der Waals surface area contributed by atoms with Crippen LogP contribution in [-0.2, 0) is 16.0 Å². The summed E-state index contributed by atoms with van der Waals surface area (Å²) in [4.78, 5) is 25.4. The zero-order valence-corrected chi connectivity index (χ0v) is 16.0. The molecule has 2 N–H and O–H groups in total. The second-order valence-electron chi connectivity index (χ2n) is 8.39. The normalized spacial score (nSPS) is 24.1. The highest BCUT2D eigenvalue weighted by Crippen LogP contribution is 2.33. The average Bonchev–Trinajstić information content (AvgIpc) is 3.46. The van der Waals surface area contributed by atoms with Crippen LogP contribution in [0.5, 0.6) is 0 Å². The van der Waals surface area contributed by atoms with Crippen molar-refractivity contribution in [1.82, 2.24) is 10.6 Å². The molecule has 1 atom stereocenters. The van der Waals surface area contributed by atoms with E-state index in [1.807, 2.05) is 30.3 Å². The van der Waals surface area contributed by atoms with Crippen LogP contribution in [0.4, 0.5) is 0 Å². The molecule has 2 fully saturated rings. The molecule has 0 spiro atoms. The Bertz CT molecular complexity index is 602. The number of benzene rings is 1. The predicted molar refractivity (Wildman–Crippen MR) is 104 cm³/mol. The summed E-state index contributed by atoms with van der Waals surface area (Å²) < 4.78 is 0. The number of hydrogen-bond donors (Lipinski definition) is 2. The van der Waals surface area contributed by atoms with Crippen LogP contribution in [0.25, 0.3) is 0 Å². The van der Waals surface area contributed by atoms with Gasteiger partial charge in [-0.1, -0.05) is 44.2 Å². The molecule has 142 valence electrons. The van der Waals surface area contributed by atoms with Gasteiger partial charge in [-0.15, -0.1) is 0 Å². The minimum Gasteiger partial charge on any atom is -0.352 e. The Morgan fingerprint density at radius 3 is 2.23 bits per heavy atom. The van der Waals surface area contributed by atoms with Crippen molar-refractivity contribution in [2.45, 2.75) is 70.9 Å². The van der Waals surface area contributed by atoms with Crippen molar-refractivity contribution >= 4 is 11.8 Å². The minimum atomic E-state index is -0.478. The van der Waals surface area contributed by atoms with Gasteiger partial charge in [0.15, 0.2) is 0 Å². The van der Waals surface area contributed by atoms with Crippen molar-refractivity contribution in [3.63, 3.8) is 0 Å². The Morgan fingerprint density at radius 1 is 1.00 bits per heavy atom. The number of amides is 2. The molecule has 4 nitrogen and oxygen atoms in total. The summed E-state index contributed by atoms with van der Waals surface area (Å²) in [6.07, 6.45) is 6.77. The summed E-state index contributed by atoms with van der Waals surface area (Å²) in [7, 11) is 0. The number of rotatable bonds is 7. The molecule has 2 aliphatic carbocycles. The Kier molecular flexibility index (Phi) is 6.33. The molecule has 1 aromatic carbocycles. The third-order valence-corrected chi connectivity index (χ3v) is 5.92. The molecule has 0 aromatic heterocycles. The standard InChI is InChI=1S/C22H32N2O2/c1-15(2)17-8-10-18(11-9-17)21(25)24-20(22(26)23-19-12-13-19)14-16-6-4-3-5-7-16/h3-7,15,17-20H,8-14H2,1-2H3,(H,23,26)(H,24,25).